The number of aromatic nitrogens is 2. The molecule has 0 aliphatic carbocycles. The van der Waals surface area contributed by atoms with Crippen LogP contribution >= 0.6 is 0 Å². The number of likely N-dealkylation sites (tertiary alicyclic amines) is 1. The van der Waals surface area contributed by atoms with Crippen molar-refractivity contribution in [2.75, 3.05) is 25.0 Å². The minimum atomic E-state index is 0.0211. The maximum absolute atomic E-state index is 13.1. The molecule has 5 nitrogen and oxygen atoms in total. The smallest absolute Gasteiger partial charge is 0.279 e. The number of likely N-dealkylation sites (N-methyl/N-ethyl adjacent to an activating group) is 1. The highest BCUT2D eigenvalue weighted by Gasteiger charge is 2.44. The van der Waals surface area contributed by atoms with Crippen molar-refractivity contribution in [1.82, 2.24) is 14.7 Å². The van der Waals surface area contributed by atoms with Gasteiger partial charge in [0.25, 0.3) is 5.91 Å². The van der Waals surface area contributed by atoms with Crippen LogP contribution in [0.4, 0.5) is 5.69 Å². The molecule has 4 rings (SSSR count). The van der Waals surface area contributed by atoms with Crippen molar-refractivity contribution in [1.29, 1.82) is 0 Å². The summed E-state index contributed by atoms with van der Waals surface area (Å²) in [5.74, 6) is 0.420. The van der Waals surface area contributed by atoms with E-state index < -0.39 is 0 Å². The first-order valence-corrected chi connectivity index (χ1v) is 8.17. The molecule has 0 unspecified atom stereocenters. The van der Waals surface area contributed by atoms with Crippen LogP contribution < -0.4 is 4.90 Å². The largest absolute Gasteiger partial charge is 0.306 e. The number of fused-ring (bicyclic) bond motifs is 3. The van der Waals surface area contributed by atoms with E-state index in [1.807, 2.05) is 18.1 Å². The van der Waals surface area contributed by atoms with Crippen molar-refractivity contribution in [3.05, 3.63) is 47.3 Å². The second kappa shape index (κ2) is 5.20. The third kappa shape index (κ3) is 2.27. The molecular weight excluding hydrogens is 288 g/mol. The lowest BCUT2D eigenvalue weighted by Gasteiger charge is -2.36. The van der Waals surface area contributed by atoms with Gasteiger partial charge in [-0.05, 0) is 44.6 Å². The predicted octanol–water partition coefficient (Wildman–Crippen LogP) is 2.18. The van der Waals surface area contributed by atoms with Gasteiger partial charge in [0, 0.05) is 37.4 Å². The van der Waals surface area contributed by atoms with Gasteiger partial charge < -0.3 is 9.80 Å². The van der Waals surface area contributed by atoms with Crippen LogP contribution in [-0.2, 0) is 7.05 Å². The molecule has 1 saturated heterocycles. The van der Waals surface area contributed by atoms with Crippen LogP contribution in [0.3, 0.4) is 0 Å². The topological polar surface area (TPSA) is 41.4 Å². The van der Waals surface area contributed by atoms with Crippen LogP contribution in [-0.4, -0.2) is 46.8 Å². The molecule has 2 atom stereocenters. The van der Waals surface area contributed by atoms with Crippen molar-refractivity contribution >= 4 is 11.6 Å². The summed E-state index contributed by atoms with van der Waals surface area (Å²) in [7, 11) is 4.01. The number of anilines is 1. The van der Waals surface area contributed by atoms with E-state index in [-0.39, 0.29) is 11.9 Å². The van der Waals surface area contributed by atoms with Crippen LogP contribution in [0, 0.1) is 6.92 Å². The lowest BCUT2D eigenvalue weighted by molar-refractivity contribution is 0.0959. The first kappa shape index (κ1) is 14.5. The van der Waals surface area contributed by atoms with Gasteiger partial charge in [-0.2, -0.15) is 5.10 Å². The molecule has 1 aromatic carbocycles. The first-order chi connectivity index (χ1) is 11.0. The predicted molar refractivity (Wildman–Crippen MR) is 89.8 cm³/mol. The molecule has 1 aromatic heterocycles. The van der Waals surface area contributed by atoms with Crippen molar-refractivity contribution < 1.29 is 4.79 Å². The highest BCUT2D eigenvalue weighted by molar-refractivity contribution is 6.07. The van der Waals surface area contributed by atoms with Gasteiger partial charge in [-0.15, -0.1) is 0 Å². The second-order valence-corrected chi connectivity index (χ2v) is 6.84. The number of hydrogen-bond donors (Lipinski definition) is 0. The van der Waals surface area contributed by atoms with Crippen molar-refractivity contribution in [2.24, 2.45) is 7.05 Å². The molecule has 0 bridgehead atoms. The molecule has 0 spiro atoms. The van der Waals surface area contributed by atoms with Gasteiger partial charge in [0.15, 0.2) is 5.69 Å². The molecule has 2 aliphatic heterocycles. The highest BCUT2D eigenvalue weighted by Crippen LogP contribution is 2.45. The molecular formula is C18H22N4O. The first-order valence-electron chi connectivity index (χ1n) is 8.17. The third-order valence-corrected chi connectivity index (χ3v) is 5.10. The Morgan fingerprint density at radius 2 is 2.09 bits per heavy atom. The average molecular weight is 310 g/mol. The Balaban J connectivity index is 1.78. The normalized spacial score (nSPS) is 23.7. The summed E-state index contributed by atoms with van der Waals surface area (Å²) in [6, 6.07) is 8.50. The molecule has 0 radical (unpaired) electrons. The van der Waals surface area contributed by atoms with E-state index >= 15 is 0 Å². The SMILES string of the molecule is Cc1ccc2c(c1)[C@@H]1CN(C)CC[C@@H]1N2C(=O)c1ccn(C)n1. The minimum absolute atomic E-state index is 0.0211. The van der Waals surface area contributed by atoms with Crippen LogP contribution in [0.2, 0.25) is 0 Å². The van der Waals surface area contributed by atoms with Crippen molar-refractivity contribution in [3.63, 3.8) is 0 Å². The van der Waals surface area contributed by atoms with E-state index in [1.165, 1.54) is 11.1 Å². The van der Waals surface area contributed by atoms with Crippen molar-refractivity contribution in [3.8, 4) is 0 Å². The summed E-state index contributed by atoms with van der Waals surface area (Å²) < 4.78 is 1.69. The zero-order chi connectivity index (χ0) is 16.1. The van der Waals surface area contributed by atoms with Gasteiger partial charge in [0.05, 0.1) is 0 Å². The number of piperidine rings is 1. The second-order valence-electron chi connectivity index (χ2n) is 6.84. The van der Waals surface area contributed by atoms with Gasteiger partial charge in [-0.1, -0.05) is 17.7 Å². The lowest BCUT2D eigenvalue weighted by Crippen LogP contribution is -2.47. The Kier molecular flexibility index (Phi) is 3.27. The Bertz CT molecular complexity index is 766. The van der Waals surface area contributed by atoms with E-state index in [9.17, 15) is 4.79 Å². The summed E-state index contributed by atoms with van der Waals surface area (Å²) in [5.41, 5.74) is 4.16. The molecule has 3 heterocycles. The molecule has 5 heteroatoms. The summed E-state index contributed by atoms with van der Waals surface area (Å²) in [5, 5.41) is 4.31. The number of hydrogen-bond acceptors (Lipinski definition) is 3. The van der Waals surface area contributed by atoms with Gasteiger partial charge in [0.2, 0.25) is 0 Å². The summed E-state index contributed by atoms with van der Waals surface area (Å²) in [4.78, 5) is 17.4. The van der Waals surface area contributed by atoms with Crippen LogP contribution in [0.15, 0.2) is 30.5 Å². The molecule has 1 fully saturated rings. The summed E-state index contributed by atoms with van der Waals surface area (Å²) in [6.45, 7) is 4.15. The maximum Gasteiger partial charge on any atom is 0.279 e. The van der Waals surface area contributed by atoms with Gasteiger partial charge >= 0.3 is 0 Å². The number of amides is 1. The summed E-state index contributed by atoms with van der Waals surface area (Å²) in [6.07, 6.45) is 2.83. The molecule has 1 amide bonds. The molecule has 0 N–H and O–H groups in total. The number of benzene rings is 1. The molecule has 23 heavy (non-hydrogen) atoms. The standard InChI is InChI=1S/C18H22N4O/c1-12-4-5-16-13(10-12)14-11-20(2)8-7-17(14)22(16)18(23)15-6-9-21(3)19-15/h4-6,9-10,14,17H,7-8,11H2,1-3H3/t14-,17-/m0/s1. The fraction of sp³-hybridized carbons (Fsp3) is 0.444. The Morgan fingerprint density at radius 1 is 1.26 bits per heavy atom. The molecule has 2 aromatic rings. The Morgan fingerprint density at radius 3 is 2.83 bits per heavy atom. The number of nitrogens with zero attached hydrogens (tertiary/aromatic N) is 4. The molecule has 120 valence electrons. The quantitative estimate of drug-likeness (QED) is 0.811. The van der Waals surface area contributed by atoms with Crippen LogP contribution in [0.1, 0.15) is 34.0 Å². The van der Waals surface area contributed by atoms with Crippen molar-refractivity contribution in [2.45, 2.75) is 25.3 Å². The molecule has 2 aliphatic rings. The van der Waals surface area contributed by atoms with E-state index in [1.54, 1.807) is 10.7 Å². The number of aryl methyl sites for hydroxylation is 2. The van der Waals surface area contributed by atoms with Crippen LogP contribution in [0.25, 0.3) is 0 Å². The van der Waals surface area contributed by atoms with Crippen LogP contribution in [0.5, 0.6) is 0 Å². The fourth-order valence-electron chi connectivity index (χ4n) is 4.00. The molecule has 0 saturated carbocycles. The zero-order valence-corrected chi connectivity index (χ0v) is 13.9. The number of carbonyl (C=O) groups excluding carboxylic acids is 1. The van der Waals surface area contributed by atoms with E-state index in [2.05, 4.69) is 42.2 Å². The van der Waals surface area contributed by atoms with E-state index in [0.29, 0.717) is 11.6 Å². The monoisotopic (exact) mass is 310 g/mol. The zero-order valence-electron chi connectivity index (χ0n) is 13.9. The highest BCUT2D eigenvalue weighted by atomic mass is 16.2. The number of carbonyl (C=O) groups is 1. The fourth-order valence-corrected chi connectivity index (χ4v) is 4.00. The Labute approximate surface area is 136 Å². The minimum Gasteiger partial charge on any atom is -0.306 e. The third-order valence-electron chi connectivity index (χ3n) is 5.10. The van der Waals surface area contributed by atoms with E-state index in [0.717, 1.165) is 25.2 Å². The van der Waals surface area contributed by atoms with Gasteiger partial charge in [-0.25, -0.2) is 0 Å². The summed E-state index contributed by atoms with van der Waals surface area (Å²) >= 11 is 0. The van der Waals surface area contributed by atoms with E-state index in [4.69, 9.17) is 0 Å². The average Bonchev–Trinajstić information content (AvgIpc) is 3.08. The number of rotatable bonds is 1. The van der Waals surface area contributed by atoms with Gasteiger partial charge in [0.1, 0.15) is 0 Å². The Hall–Kier alpha value is -2.14. The van der Waals surface area contributed by atoms with Gasteiger partial charge in [-0.3, -0.25) is 9.48 Å². The lowest BCUT2D eigenvalue weighted by atomic mass is 9.89. The maximum atomic E-state index is 13.1.